The number of aryl methyl sites for hydroxylation is 1. The van der Waals surface area contributed by atoms with Crippen molar-refractivity contribution in [3.05, 3.63) is 29.8 Å². The molecule has 1 aromatic rings. The minimum absolute atomic E-state index is 0.266. The Bertz CT molecular complexity index is 407. The Morgan fingerprint density at radius 1 is 1.32 bits per heavy atom. The second-order valence-corrected chi connectivity index (χ2v) is 5.15. The molecule has 1 fully saturated rings. The molecule has 0 heterocycles. The molecule has 1 unspecified atom stereocenters. The van der Waals surface area contributed by atoms with E-state index in [4.69, 9.17) is 9.47 Å². The van der Waals surface area contributed by atoms with Gasteiger partial charge >= 0.3 is 5.97 Å². The van der Waals surface area contributed by atoms with Crippen LogP contribution in [-0.2, 0) is 16.0 Å². The van der Waals surface area contributed by atoms with Crippen molar-refractivity contribution in [1.29, 1.82) is 0 Å². The van der Waals surface area contributed by atoms with Gasteiger partial charge in [-0.25, -0.2) is 4.79 Å². The maximum atomic E-state index is 11.7. The summed E-state index contributed by atoms with van der Waals surface area (Å²) < 4.78 is 10.6. The Kier molecular flexibility index (Phi) is 4.83. The first-order valence-electron chi connectivity index (χ1n) is 7.08. The Morgan fingerprint density at radius 2 is 2.00 bits per heavy atom. The normalized spacial score (nSPS) is 15.9. The third-order valence-electron chi connectivity index (χ3n) is 3.49. The zero-order valence-corrected chi connectivity index (χ0v) is 11.7. The number of rotatable bonds is 7. The summed E-state index contributed by atoms with van der Waals surface area (Å²) in [5.41, 5.74) is 1.32. The summed E-state index contributed by atoms with van der Waals surface area (Å²) in [6, 6.07) is 8.05. The Morgan fingerprint density at radius 3 is 2.53 bits per heavy atom. The number of ether oxygens (including phenoxy) is 2. The summed E-state index contributed by atoms with van der Waals surface area (Å²) >= 11 is 0. The van der Waals surface area contributed by atoms with E-state index in [1.807, 2.05) is 12.1 Å². The van der Waals surface area contributed by atoms with Crippen LogP contribution in [0.3, 0.4) is 0 Å². The number of hydrogen-bond donors (Lipinski definition) is 0. The first-order chi connectivity index (χ1) is 9.24. The van der Waals surface area contributed by atoms with Crippen molar-refractivity contribution in [1.82, 2.24) is 0 Å². The average molecular weight is 262 g/mol. The van der Waals surface area contributed by atoms with Gasteiger partial charge in [0.2, 0.25) is 0 Å². The number of carbonyl (C=O) groups excluding carboxylic acids is 1. The maximum absolute atomic E-state index is 11.7. The Balaban J connectivity index is 1.95. The van der Waals surface area contributed by atoms with Crippen molar-refractivity contribution in [2.45, 2.75) is 45.1 Å². The van der Waals surface area contributed by atoms with Gasteiger partial charge in [-0.1, -0.05) is 25.5 Å². The van der Waals surface area contributed by atoms with Crippen molar-refractivity contribution >= 4 is 5.97 Å². The fourth-order valence-electron chi connectivity index (χ4n) is 2.11. The predicted molar refractivity (Wildman–Crippen MR) is 74.2 cm³/mol. The number of hydrogen-bond acceptors (Lipinski definition) is 3. The predicted octanol–water partition coefficient (Wildman–Crippen LogP) is 3.36. The molecule has 1 aliphatic carbocycles. The van der Waals surface area contributed by atoms with E-state index in [0.717, 1.165) is 25.0 Å². The lowest BCUT2D eigenvalue weighted by Crippen LogP contribution is -2.30. The molecule has 0 aliphatic heterocycles. The smallest absolute Gasteiger partial charge is 0.347 e. The highest BCUT2D eigenvalue weighted by Gasteiger charge is 2.38. The lowest BCUT2D eigenvalue weighted by Gasteiger charge is -2.16. The molecule has 0 spiro atoms. The molecule has 1 aliphatic rings. The van der Waals surface area contributed by atoms with E-state index < -0.39 is 6.10 Å². The Labute approximate surface area is 114 Å². The summed E-state index contributed by atoms with van der Waals surface area (Å²) in [5.74, 6) is 0.812. The van der Waals surface area contributed by atoms with Crippen LogP contribution in [0.2, 0.25) is 0 Å². The summed E-state index contributed by atoms with van der Waals surface area (Å²) in [7, 11) is 1.41. The quantitative estimate of drug-likeness (QED) is 0.707. The van der Waals surface area contributed by atoms with Gasteiger partial charge in [0.25, 0.3) is 0 Å². The van der Waals surface area contributed by atoms with Crippen LogP contribution in [0, 0.1) is 5.92 Å². The number of unbranched alkanes of at least 4 members (excludes halogenated alkanes) is 1. The van der Waals surface area contributed by atoms with E-state index in [-0.39, 0.29) is 5.97 Å². The standard InChI is InChI=1S/C16H22O3/c1-3-4-5-12-6-10-14(11-7-12)19-15(13-8-9-13)16(17)18-2/h6-7,10-11,13,15H,3-5,8-9H2,1-2H3. The summed E-state index contributed by atoms with van der Waals surface area (Å²) in [6.45, 7) is 2.19. The SMILES string of the molecule is CCCCc1ccc(OC(C(=O)OC)C2CC2)cc1. The molecule has 0 radical (unpaired) electrons. The zero-order valence-electron chi connectivity index (χ0n) is 11.7. The molecular formula is C16H22O3. The molecule has 1 aromatic carbocycles. The van der Waals surface area contributed by atoms with Crippen molar-refractivity contribution < 1.29 is 14.3 Å². The van der Waals surface area contributed by atoms with E-state index in [1.165, 1.54) is 25.5 Å². The Hall–Kier alpha value is -1.51. The van der Waals surface area contributed by atoms with Crippen molar-refractivity contribution in [3.8, 4) is 5.75 Å². The van der Waals surface area contributed by atoms with E-state index in [9.17, 15) is 4.79 Å². The fourth-order valence-corrected chi connectivity index (χ4v) is 2.11. The van der Waals surface area contributed by atoms with Gasteiger partial charge in [-0.15, -0.1) is 0 Å². The highest BCUT2D eigenvalue weighted by Crippen LogP contribution is 2.35. The van der Waals surface area contributed by atoms with Crippen LogP contribution in [0.1, 0.15) is 38.2 Å². The molecule has 0 saturated heterocycles. The van der Waals surface area contributed by atoms with Gasteiger partial charge in [0.1, 0.15) is 5.75 Å². The second kappa shape index (κ2) is 6.60. The minimum Gasteiger partial charge on any atom is -0.478 e. The lowest BCUT2D eigenvalue weighted by molar-refractivity contribution is -0.149. The maximum Gasteiger partial charge on any atom is 0.347 e. The highest BCUT2D eigenvalue weighted by atomic mass is 16.6. The molecule has 1 saturated carbocycles. The minimum atomic E-state index is -0.438. The molecule has 0 aromatic heterocycles. The largest absolute Gasteiger partial charge is 0.478 e. The molecule has 1 atom stereocenters. The number of methoxy groups -OCH3 is 1. The van der Waals surface area contributed by atoms with Crippen LogP contribution < -0.4 is 4.74 Å². The van der Waals surface area contributed by atoms with E-state index >= 15 is 0 Å². The molecule has 104 valence electrons. The van der Waals surface area contributed by atoms with Crippen molar-refractivity contribution in [2.24, 2.45) is 5.92 Å². The van der Waals surface area contributed by atoms with E-state index in [1.54, 1.807) is 0 Å². The topological polar surface area (TPSA) is 35.5 Å². The second-order valence-electron chi connectivity index (χ2n) is 5.15. The monoisotopic (exact) mass is 262 g/mol. The van der Waals surface area contributed by atoms with Crippen LogP contribution >= 0.6 is 0 Å². The lowest BCUT2D eigenvalue weighted by atomic mass is 10.1. The van der Waals surface area contributed by atoms with E-state index in [0.29, 0.717) is 5.92 Å². The van der Waals surface area contributed by atoms with Crippen molar-refractivity contribution in [2.75, 3.05) is 7.11 Å². The van der Waals surface area contributed by atoms with Gasteiger partial charge < -0.3 is 9.47 Å². The molecule has 19 heavy (non-hydrogen) atoms. The number of benzene rings is 1. The van der Waals surface area contributed by atoms with Crippen LogP contribution in [0.15, 0.2) is 24.3 Å². The summed E-state index contributed by atoms with van der Waals surface area (Å²) in [5, 5.41) is 0. The van der Waals surface area contributed by atoms with Crippen LogP contribution in [-0.4, -0.2) is 19.2 Å². The highest BCUT2D eigenvalue weighted by molar-refractivity contribution is 5.75. The van der Waals surface area contributed by atoms with Crippen molar-refractivity contribution in [3.63, 3.8) is 0 Å². The van der Waals surface area contributed by atoms with Gasteiger partial charge in [-0.05, 0) is 43.4 Å². The first kappa shape index (κ1) is 13.9. The third-order valence-corrected chi connectivity index (χ3v) is 3.49. The molecule has 0 bridgehead atoms. The van der Waals surface area contributed by atoms with Crippen LogP contribution in [0.5, 0.6) is 5.75 Å². The fraction of sp³-hybridized carbons (Fsp3) is 0.562. The average Bonchev–Trinajstić information content (AvgIpc) is 3.27. The van der Waals surface area contributed by atoms with E-state index in [2.05, 4.69) is 19.1 Å². The summed E-state index contributed by atoms with van der Waals surface area (Å²) in [6.07, 6.45) is 5.16. The first-order valence-corrected chi connectivity index (χ1v) is 7.08. The molecule has 0 N–H and O–H groups in total. The van der Waals surface area contributed by atoms with Gasteiger partial charge in [0.05, 0.1) is 7.11 Å². The third kappa shape index (κ3) is 3.98. The number of esters is 1. The van der Waals surface area contributed by atoms with Gasteiger partial charge in [0, 0.05) is 5.92 Å². The van der Waals surface area contributed by atoms with Gasteiger partial charge in [-0.3, -0.25) is 0 Å². The molecule has 3 nitrogen and oxygen atoms in total. The number of carbonyl (C=O) groups is 1. The zero-order chi connectivity index (χ0) is 13.7. The molecular weight excluding hydrogens is 240 g/mol. The van der Waals surface area contributed by atoms with Crippen LogP contribution in [0.4, 0.5) is 0 Å². The molecule has 3 heteroatoms. The summed E-state index contributed by atoms with van der Waals surface area (Å²) in [4.78, 5) is 11.7. The molecule has 0 amide bonds. The van der Waals surface area contributed by atoms with Gasteiger partial charge in [-0.2, -0.15) is 0 Å². The van der Waals surface area contributed by atoms with Crippen LogP contribution in [0.25, 0.3) is 0 Å². The molecule has 2 rings (SSSR count). The van der Waals surface area contributed by atoms with Gasteiger partial charge in [0.15, 0.2) is 6.10 Å².